The number of amides is 1. The molecule has 26 heavy (non-hydrogen) atoms. The first-order valence-corrected chi connectivity index (χ1v) is 8.96. The number of carbonyl (C=O) groups is 1. The fourth-order valence-electron chi connectivity index (χ4n) is 3.32. The summed E-state index contributed by atoms with van der Waals surface area (Å²) in [5.41, 5.74) is 4.63. The molecular weight excluding hydrogens is 346 g/mol. The largest absolute Gasteiger partial charge is 0.334 e. The molecule has 5 heteroatoms. The van der Waals surface area contributed by atoms with Crippen molar-refractivity contribution >= 4 is 17.5 Å². The number of aromatic nitrogens is 2. The molecule has 4 rings (SSSR count). The van der Waals surface area contributed by atoms with E-state index in [1.54, 1.807) is 0 Å². The molecule has 0 saturated heterocycles. The zero-order chi connectivity index (χ0) is 18.1. The molecule has 4 nitrogen and oxygen atoms in total. The Hall–Kier alpha value is -2.72. The van der Waals surface area contributed by atoms with Crippen LogP contribution in [0.2, 0.25) is 5.02 Å². The van der Waals surface area contributed by atoms with Gasteiger partial charge in [-0.2, -0.15) is 0 Å². The molecule has 0 radical (unpaired) electrons. The molecule has 3 aromatic rings. The molecule has 0 atom stereocenters. The van der Waals surface area contributed by atoms with Gasteiger partial charge in [-0.1, -0.05) is 41.9 Å². The van der Waals surface area contributed by atoms with Crippen molar-refractivity contribution in [3.63, 3.8) is 0 Å². The Kier molecular flexibility index (Phi) is 4.43. The highest BCUT2D eigenvalue weighted by Gasteiger charge is 2.26. The van der Waals surface area contributed by atoms with Crippen LogP contribution in [0.1, 0.15) is 27.4 Å². The van der Waals surface area contributed by atoms with Crippen molar-refractivity contribution in [2.24, 2.45) is 0 Å². The molecule has 130 valence electrons. The maximum absolute atomic E-state index is 12.8. The molecule has 1 aliphatic heterocycles. The Morgan fingerprint density at radius 1 is 1.04 bits per heavy atom. The van der Waals surface area contributed by atoms with Crippen LogP contribution in [0.3, 0.4) is 0 Å². The van der Waals surface area contributed by atoms with E-state index in [9.17, 15) is 4.79 Å². The van der Waals surface area contributed by atoms with E-state index in [0.29, 0.717) is 23.7 Å². The van der Waals surface area contributed by atoms with Gasteiger partial charge in [-0.05, 0) is 31.2 Å². The summed E-state index contributed by atoms with van der Waals surface area (Å²) < 4.78 is 0. The normalized spacial score (nSPS) is 13.4. The van der Waals surface area contributed by atoms with E-state index in [1.807, 2.05) is 66.4 Å². The molecule has 0 N–H and O–H groups in total. The first-order chi connectivity index (χ1) is 12.6. The van der Waals surface area contributed by atoms with Gasteiger partial charge in [-0.3, -0.25) is 4.79 Å². The lowest BCUT2D eigenvalue weighted by molar-refractivity contribution is 0.0733. The fraction of sp³-hybridized carbons (Fsp3) is 0.190. The first-order valence-electron chi connectivity index (χ1n) is 8.58. The maximum atomic E-state index is 12.8. The van der Waals surface area contributed by atoms with Gasteiger partial charge in [0.15, 0.2) is 0 Å². The quantitative estimate of drug-likeness (QED) is 0.681. The van der Waals surface area contributed by atoms with Gasteiger partial charge >= 0.3 is 0 Å². The smallest absolute Gasteiger partial charge is 0.254 e. The molecule has 1 aliphatic rings. The molecule has 0 unspecified atom stereocenters. The van der Waals surface area contributed by atoms with Gasteiger partial charge in [-0.25, -0.2) is 9.97 Å². The minimum absolute atomic E-state index is 0.0406. The highest BCUT2D eigenvalue weighted by molar-refractivity contribution is 6.30. The third-order valence-corrected chi connectivity index (χ3v) is 4.85. The monoisotopic (exact) mass is 363 g/mol. The molecule has 0 saturated carbocycles. The fourth-order valence-corrected chi connectivity index (χ4v) is 3.45. The second-order valence-corrected chi connectivity index (χ2v) is 6.83. The molecule has 1 amide bonds. The van der Waals surface area contributed by atoms with Crippen LogP contribution in [0, 0.1) is 6.92 Å². The Balaban J connectivity index is 1.72. The molecule has 0 aliphatic carbocycles. The second kappa shape index (κ2) is 6.89. The summed E-state index contributed by atoms with van der Waals surface area (Å²) in [6.45, 7) is 3.08. The predicted molar refractivity (Wildman–Crippen MR) is 102 cm³/mol. The third kappa shape index (κ3) is 3.20. The van der Waals surface area contributed by atoms with Gasteiger partial charge in [0.2, 0.25) is 0 Å². The minimum Gasteiger partial charge on any atom is -0.334 e. The summed E-state index contributed by atoms with van der Waals surface area (Å²) in [6, 6.07) is 17.0. The molecule has 0 spiro atoms. The van der Waals surface area contributed by atoms with Crippen LogP contribution in [0.4, 0.5) is 0 Å². The summed E-state index contributed by atoms with van der Waals surface area (Å²) in [7, 11) is 0. The van der Waals surface area contributed by atoms with Crippen molar-refractivity contribution in [3.05, 3.63) is 82.3 Å². The first kappa shape index (κ1) is 16.7. The molecule has 2 heterocycles. The van der Waals surface area contributed by atoms with E-state index in [4.69, 9.17) is 11.6 Å². The van der Waals surface area contributed by atoms with Gasteiger partial charge in [0.1, 0.15) is 5.82 Å². The number of hydrogen-bond acceptors (Lipinski definition) is 3. The minimum atomic E-state index is 0.0406. The zero-order valence-corrected chi connectivity index (χ0v) is 15.2. The summed E-state index contributed by atoms with van der Waals surface area (Å²) in [6.07, 6.45) is 0.734. The Labute approximate surface area is 157 Å². The highest BCUT2D eigenvalue weighted by Crippen LogP contribution is 2.29. The number of aryl methyl sites for hydroxylation is 1. The molecule has 2 aromatic carbocycles. The highest BCUT2D eigenvalue weighted by atomic mass is 35.5. The molecule has 0 fully saturated rings. The number of nitrogens with zero attached hydrogens (tertiary/aromatic N) is 3. The summed E-state index contributed by atoms with van der Waals surface area (Å²) >= 11 is 6.02. The Bertz CT molecular complexity index is 955. The van der Waals surface area contributed by atoms with Crippen LogP contribution in [0.15, 0.2) is 54.6 Å². The average molecular weight is 364 g/mol. The summed E-state index contributed by atoms with van der Waals surface area (Å²) in [5.74, 6) is 0.787. The lowest BCUT2D eigenvalue weighted by Crippen LogP contribution is -2.37. The topological polar surface area (TPSA) is 46.1 Å². The van der Waals surface area contributed by atoms with Crippen LogP contribution in [0.25, 0.3) is 11.3 Å². The number of carbonyl (C=O) groups excluding carboxylic acids is 1. The van der Waals surface area contributed by atoms with Gasteiger partial charge in [-0.15, -0.1) is 0 Å². The van der Waals surface area contributed by atoms with Crippen molar-refractivity contribution in [1.29, 1.82) is 0 Å². The van der Waals surface area contributed by atoms with Crippen molar-refractivity contribution in [1.82, 2.24) is 14.9 Å². The average Bonchev–Trinajstić information content (AvgIpc) is 2.68. The molecule has 1 aromatic heterocycles. The summed E-state index contributed by atoms with van der Waals surface area (Å²) in [4.78, 5) is 24.0. The Morgan fingerprint density at radius 3 is 2.50 bits per heavy atom. The standard InChI is InChI=1S/C21H18ClN3O/c1-14-23-19-11-12-25(21(26)16-5-3-2-4-6-16)13-18(19)20(24-14)15-7-9-17(22)10-8-15/h2-10H,11-13H2,1H3. The Morgan fingerprint density at radius 2 is 1.77 bits per heavy atom. The lowest BCUT2D eigenvalue weighted by atomic mass is 9.98. The second-order valence-electron chi connectivity index (χ2n) is 6.39. The van der Waals surface area contributed by atoms with E-state index >= 15 is 0 Å². The van der Waals surface area contributed by atoms with Crippen molar-refractivity contribution < 1.29 is 4.79 Å². The van der Waals surface area contributed by atoms with Crippen LogP contribution in [-0.2, 0) is 13.0 Å². The number of benzene rings is 2. The van der Waals surface area contributed by atoms with Gasteiger partial charge < -0.3 is 4.90 Å². The van der Waals surface area contributed by atoms with E-state index in [0.717, 1.165) is 34.8 Å². The third-order valence-electron chi connectivity index (χ3n) is 4.60. The van der Waals surface area contributed by atoms with Crippen LogP contribution in [0.5, 0.6) is 0 Å². The maximum Gasteiger partial charge on any atom is 0.254 e. The molecular formula is C21H18ClN3O. The molecule has 0 bridgehead atoms. The van der Waals surface area contributed by atoms with Crippen LogP contribution >= 0.6 is 11.6 Å². The van der Waals surface area contributed by atoms with Crippen molar-refractivity contribution in [2.75, 3.05) is 6.54 Å². The van der Waals surface area contributed by atoms with Gasteiger partial charge in [0.05, 0.1) is 11.4 Å². The SMILES string of the molecule is Cc1nc2c(c(-c3ccc(Cl)cc3)n1)CN(C(=O)c1ccccc1)CC2. The number of rotatable bonds is 2. The van der Waals surface area contributed by atoms with E-state index in [1.165, 1.54) is 0 Å². The van der Waals surface area contributed by atoms with E-state index in [-0.39, 0.29) is 5.91 Å². The lowest BCUT2D eigenvalue weighted by Gasteiger charge is -2.29. The van der Waals surface area contributed by atoms with Crippen LogP contribution < -0.4 is 0 Å². The summed E-state index contributed by atoms with van der Waals surface area (Å²) in [5, 5.41) is 0.689. The van der Waals surface area contributed by atoms with Gasteiger partial charge in [0, 0.05) is 41.2 Å². The van der Waals surface area contributed by atoms with Crippen molar-refractivity contribution in [2.45, 2.75) is 19.9 Å². The predicted octanol–water partition coefficient (Wildman–Crippen LogP) is 4.30. The van der Waals surface area contributed by atoms with E-state index < -0.39 is 0 Å². The zero-order valence-electron chi connectivity index (χ0n) is 14.4. The van der Waals surface area contributed by atoms with E-state index in [2.05, 4.69) is 9.97 Å². The number of fused-ring (bicyclic) bond motifs is 1. The van der Waals surface area contributed by atoms with Gasteiger partial charge in [0.25, 0.3) is 5.91 Å². The number of halogens is 1. The van der Waals surface area contributed by atoms with Crippen LogP contribution in [-0.4, -0.2) is 27.3 Å². The number of hydrogen-bond donors (Lipinski definition) is 0. The van der Waals surface area contributed by atoms with Crippen molar-refractivity contribution in [3.8, 4) is 11.3 Å².